The maximum Gasteiger partial charge on any atom is 0.123 e. The molecule has 1 heterocycles. The van der Waals surface area contributed by atoms with E-state index in [4.69, 9.17) is 5.41 Å². The van der Waals surface area contributed by atoms with E-state index >= 15 is 0 Å². The minimum absolute atomic E-state index is 0.175. The van der Waals surface area contributed by atoms with Gasteiger partial charge >= 0.3 is 0 Å². The zero-order chi connectivity index (χ0) is 15.5. The number of nitrogens with zero attached hydrogens (tertiary/aromatic N) is 2. The van der Waals surface area contributed by atoms with Crippen LogP contribution in [-0.2, 0) is 4.79 Å². The van der Waals surface area contributed by atoms with Crippen molar-refractivity contribution in [3.63, 3.8) is 0 Å². The highest BCUT2D eigenvalue weighted by Crippen LogP contribution is 2.27. The van der Waals surface area contributed by atoms with Crippen LogP contribution in [0, 0.1) is 11.3 Å². The van der Waals surface area contributed by atoms with Gasteiger partial charge in [-0.3, -0.25) is 4.98 Å². The molecule has 2 N–H and O–H groups in total. The van der Waals surface area contributed by atoms with E-state index in [2.05, 4.69) is 15.3 Å². The number of aldehydes is 1. The highest BCUT2D eigenvalue weighted by molar-refractivity contribution is 6.08. The molecule has 0 saturated heterocycles. The van der Waals surface area contributed by atoms with Crippen molar-refractivity contribution in [2.24, 2.45) is 5.92 Å². The van der Waals surface area contributed by atoms with Gasteiger partial charge in [0, 0.05) is 29.4 Å². The zero-order valence-electron chi connectivity index (χ0n) is 12.4. The average molecular weight is 294 g/mol. The molecule has 5 nitrogen and oxygen atoms in total. The van der Waals surface area contributed by atoms with Crippen LogP contribution >= 0.6 is 0 Å². The van der Waals surface area contributed by atoms with Crippen molar-refractivity contribution in [2.45, 2.75) is 25.8 Å². The maximum atomic E-state index is 10.7. The van der Waals surface area contributed by atoms with Crippen LogP contribution in [0.2, 0.25) is 0 Å². The fourth-order valence-corrected chi connectivity index (χ4v) is 2.74. The highest BCUT2D eigenvalue weighted by atomic mass is 16.1. The van der Waals surface area contributed by atoms with E-state index in [-0.39, 0.29) is 5.92 Å². The van der Waals surface area contributed by atoms with Gasteiger partial charge in [0.15, 0.2) is 0 Å². The van der Waals surface area contributed by atoms with Gasteiger partial charge in [-0.25, -0.2) is 4.98 Å². The lowest BCUT2D eigenvalue weighted by Crippen LogP contribution is -2.41. The molecule has 1 aliphatic rings. The number of para-hydroxylation sites is 2. The number of nitrogens with one attached hydrogen (secondary N) is 2. The Morgan fingerprint density at radius 2 is 2.05 bits per heavy atom. The van der Waals surface area contributed by atoms with Gasteiger partial charge < -0.3 is 15.5 Å². The lowest BCUT2D eigenvalue weighted by molar-refractivity contribution is -0.113. The Hall–Kier alpha value is -2.56. The fraction of sp³-hybridized carbons (Fsp3) is 0.294. The van der Waals surface area contributed by atoms with Crippen LogP contribution in [0.5, 0.6) is 0 Å². The summed E-state index contributed by atoms with van der Waals surface area (Å²) in [6.07, 6.45) is 5.73. The lowest BCUT2D eigenvalue weighted by atomic mass is 9.81. The molecular formula is C17H18N4O. The second kappa shape index (κ2) is 6.05. The third-order valence-corrected chi connectivity index (χ3v) is 4.06. The predicted molar refractivity (Wildman–Crippen MR) is 86.6 cm³/mol. The Bertz CT molecular complexity index is 747. The molecule has 1 aromatic heterocycles. The number of benzene rings is 1. The van der Waals surface area contributed by atoms with Crippen LogP contribution in [0.3, 0.4) is 0 Å². The van der Waals surface area contributed by atoms with Crippen molar-refractivity contribution in [3.8, 4) is 0 Å². The normalized spacial score (nSPS) is 21.7. The molecule has 0 aliphatic heterocycles. The van der Waals surface area contributed by atoms with Gasteiger partial charge in [-0.2, -0.15) is 0 Å². The molecule has 1 fully saturated rings. The summed E-state index contributed by atoms with van der Waals surface area (Å²) in [5.74, 6) is 0.175. The van der Waals surface area contributed by atoms with Crippen LogP contribution in [0.15, 0.2) is 36.2 Å². The summed E-state index contributed by atoms with van der Waals surface area (Å²) in [6.45, 7) is 1.94. The number of carbonyl (C=O) groups excluding carboxylic acids is 1. The van der Waals surface area contributed by atoms with E-state index in [1.165, 1.54) is 6.21 Å². The lowest BCUT2D eigenvalue weighted by Gasteiger charge is -2.33. The summed E-state index contributed by atoms with van der Waals surface area (Å²) in [6, 6.07) is 7.99. The molecule has 0 radical (unpaired) electrons. The minimum Gasteiger partial charge on any atom is -0.385 e. The Labute approximate surface area is 129 Å². The summed E-state index contributed by atoms with van der Waals surface area (Å²) in [5.41, 5.74) is 3.97. The van der Waals surface area contributed by atoms with Crippen molar-refractivity contribution in [1.29, 1.82) is 5.41 Å². The molecule has 0 amide bonds. The first kappa shape index (κ1) is 14.4. The van der Waals surface area contributed by atoms with Gasteiger partial charge in [-0.15, -0.1) is 0 Å². The summed E-state index contributed by atoms with van der Waals surface area (Å²) >= 11 is 0. The molecular weight excluding hydrogens is 276 g/mol. The fourth-order valence-electron chi connectivity index (χ4n) is 2.74. The third-order valence-electron chi connectivity index (χ3n) is 4.06. The van der Waals surface area contributed by atoms with Gasteiger partial charge in [0.05, 0.1) is 22.9 Å². The van der Waals surface area contributed by atoms with Gasteiger partial charge in [0.25, 0.3) is 0 Å². The number of allylic oxidation sites excluding steroid dienone is 2. The molecule has 112 valence electrons. The number of hydrogen-bond acceptors (Lipinski definition) is 5. The van der Waals surface area contributed by atoms with Crippen molar-refractivity contribution >= 4 is 29.1 Å². The second-order valence-corrected chi connectivity index (χ2v) is 5.64. The molecule has 5 heteroatoms. The van der Waals surface area contributed by atoms with Crippen LogP contribution in [0.1, 0.15) is 25.5 Å². The zero-order valence-corrected chi connectivity index (χ0v) is 12.4. The third kappa shape index (κ3) is 2.74. The van der Waals surface area contributed by atoms with Crippen LogP contribution in [0.4, 0.5) is 0 Å². The highest BCUT2D eigenvalue weighted by Gasteiger charge is 2.28. The molecule has 3 rings (SSSR count). The summed E-state index contributed by atoms with van der Waals surface area (Å²) in [7, 11) is 0. The Morgan fingerprint density at radius 3 is 2.73 bits per heavy atom. The second-order valence-electron chi connectivity index (χ2n) is 5.64. The van der Waals surface area contributed by atoms with Crippen molar-refractivity contribution in [1.82, 2.24) is 15.3 Å². The molecule has 0 unspecified atom stereocenters. The van der Waals surface area contributed by atoms with Crippen LogP contribution in [-0.4, -0.2) is 28.5 Å². The Balaban J connectivity index is 1.86. The van der Waals surface area contributed by atoms with Gasteiger partial charge in [-0.05, 0) is 31.9 Å². The number of hydrogen-bond donors (Lipinski definition) is 2. The molecule has 0 atom stereocenters. The van der Waals surface area contributed by atoms with E-state index in [0.717, 1.165) is 41.4 Å². The summed E-state index contributed by atoms with van der Waals surface area (Å²) in [4.78, 5) is 19.6. The van der Waals surface area contributed by atoms with Gasteiger partial charge in [-0.1, -0.05) is 12.1 Å². The smallest absolute Gasteiger partial charge is 0.123 e. The maximum absolute atomic E-state index is 10.7. The molecule has 0 spiro atoms. The summed E-state index contributed by atoms with van der Waals surface area (Å²) < 4.78 is 0. The van der Waals surface area contributed by atoms with E-state index < -0.39 is 0 Å². The molecule has 0 bridgehead atoms. The Kier molecular flexibility index (Phi) is 3.96. The largest absolute Gasteiger partial charge is 0.385 e. The molecule has 1 aromatic carbocycles. The van der Waals surface area contributed by atoms with E-state index in [0.29, 0.717) is 11.7 Å². The standard InChI is InChI=1S/C17H18N4O/c1-11(20-13-6-12(7-13)10-22)14(8-18)17-9-19-15-4-2-3-5-16(15)21-17/h2-5,8-10,12-13,18,20H,6-7H2,1H3/b14-11+,18-8?. The Morgan fingerprint density at radius 1 is 1.32 bits per heavy atom. The first-order chi connectivity index (χ1) is 10.7. The van der Waals surface area contributed by atoms with Gasteiger partial charge in [0.1, 0.15) is 6.29 Å². The van der Waals surface area contributed by atoms with E-state index in [1.54, 1.807) is 6.20 Å². The topological polar surface area (TPSA) is 78.7 Å². The van der Waals surface area contributed by atoms with Crippen molar-refractivity contribution < 1.29 is 4.79 Å². The van der Waals surface area contributed by atoms with Crippen LogP contribution in [0.25, 0.3) is 16.6 Å². The van der Waals surface area contributed by atoms with Gasteiger partial charge in [0.2, 0.25) is 0 Å². The predicted octanol–water partition coefficient (Wildman–Crippen LogP) is 2.58. The molecule has 22 heavy (non-hydrogen) atoms. The number of rotatable bonds is 5. The monoisotopic (exact) mass is 294 g/mol. The van der Waals surface area contributed by atoms with Crippen molar-refractivity contribution in [2.75, 3.05) is 0 Å². The number of fused-ring (bicyclic) bond motifs is 1. The quantitative estimate of drug-likeness (QED) is 0.656. The first-order valence-electron chi connectivity index (χ1n) is 7.36. The molecule has 1 saturated carbocycles. The summed E-state index contributed by atoms with van der Waals surface area (Å²) in [5, 5.41) is 11.1. The molecule has 1 aliphatic carbocycles. The minimum atomic E-state index is 0.175. The number of aromatic nitrogens is 2. The first-order valence-corrected chi connectivity index (χ1v) is 7.36. The van der Waals surface area contributed by atoms with E-state index in [9.17, 15) is 4.79 Å². The van der Waals surface area contributed by atoms with Crippen molar-refractivity contribution in [3.05, 3.63) is 41.9 Å². The van der Waals surface area contributed by atoms with Crippen LogP contribution < -0.4 is 5.32 Å². The SMILES string of the molecule is C/C(NC1CC(C=O)C1)=C(/C=N)c1cnc2ccccc2n1. The molecule has 2 aromatic rings. The number of carbonyl (C=O) groups is 1. The average Bonchev–Trinajstić information content (AvgIpc) is 2.51. The van der Waals surface area contributed by atoms with E-state index in [1.807, 2.05) is 31.2 Å².